The summed E-state index contributed by atoms with van der Waals surface area (Å²) in [7, 11) is -4.78. The van der Waals surface area contributed by atoms with Crippen molar-refractivity contribution in [1.82, 2.24) is 0 Å². The third-order valence-electron chi connectivity index (χ3n) is 2.12. The summed E-state index contributed by atoms with van der Waals surface area (Å²) in [5, 5.41) is 24.1. The van der Waals surface area contributed by atoms with Gasteiger partial charge in [-0.2, -0.15) is 8.42 Å². The second-order valence-electron chi connectivity index (χ2n) is 3.36. The molecule has 12 heteroatoms. The van der Waals surface area contributed by atoms with E-state index in [0.29, 0.717) is 12.1 Å². The number of anilines is 1. The zero-order valence-electron chi connectivity index (χ0n) is 10.6. The van der Waals surface area contributed by atoms with Crippen molar-refractivity contribution in [3.63, 3.8) is 0 Å². The minimum atomic E-state index is -4.78. The Bertz CT molecular complexity index is 610. The number of nitro benzene ring substituents is 2. The summed E-state index contributed by atoms with van der Waals surface area (Å²) in [5.74, 6) is 0. The van der Waals surface area contributed by atoms with E-state index < -0.39 is 41.9 Å². The molecule has 0 saturated heterocycles. The number of hydrogen-bond acceptors (Lipinski definition) is 7. The van der Waals surface area contributed by atoms with Crippen LogP contribution >= 0.6 is 0 Å². The standard InChI is InChI=1S/C8H9N3O7S.K/c1-2-9-8-6(10(12)13)3-5(19(16,17)18)4-7(8)11(14)15;/h3-4,9H,2H2,1H3,(H,16,17,18);/q;+1. The average molecular weight is 330 g/mol. The zero-order valence-corrected chi connectivity index (χ0v) is 14.5. The van der Waals surface area contributed by atoms with E-state index in [0.717, 1.165) is 0 Å². The van der Waals surface area contributed by atoms with E-state index in [1.807, 2.05) is 0 Å². The monoisotopic (exact) mass is 330 g/mol. The van der Waals surface area contributed by atoms with Gasteiger partial charge in [0.1, 0.15) is 4.90 Å². The normalized spacial score (nSPS) is 10.5. The van der Waals surface area contributed by atoms with Crippen molar-refractivity contribution in [3.8, 4) is 0 Å². The predicted octanol–water partition coefficient (Wildman–Crippen LogP) is -1.81. The fourth-order valence-electron chi connectivity index (χ4n) is 1.38. The number of hydrogen-bond donors (Lipinski definition) is 2. The van der Waals surface area contributed by atoms with Crippen LogP contribution in [0.5, 0.6) is 0 Å². The molecule has 0 spiro atoms. The summed E-state index contributed by atoms with van der Waals surface area (Å²) in [6.45, 7) is 1.72. The number of rotatable bonds is 5. The molecular weight excluding hydrogens is 321 g/mol. The van der Waals surface area contributed by atoms with Crippen molar-refractivity contribution < 1.29 is 74.2 Å². The van der Waals surface area contributed by atoms with E-state index >= 15 is 0 Å². The Morgan fingerprint density at radius 2 is 1.60 bits per heavy atom. The van der Waals surface area contributed by atoms with Gasteiger partial charge in [0.05, 0.1) is 9.85 Å². The van der Waals surface area contributed by atoms with Crippen LogP contribution in [0.4, 0.5) is 17.1 Å². The molecule has 0 aliphatic heterocycles. The van der Waals surface area contributed by atoms with Gasteiger partial charge in [-0.15, -0.1) is 0 Å². The topological polar surface area (TPSA) is 153 Å². The first-order chi connectivity index (χ1) is 8.68. The molecular formula is C8H9KN3O7S+. The van der Waals surface area contributed by atoms with Gasteiger partial charge in [0.2, 0.25) is 0 Å². The number of benzene rings is 1. The smallest absolute Gasteiger partial charge is 0.374 e. The third kappa shape index (κ3) is 4.44. The molecule has 0 heterocycles. The average Bonchev–Trinajstić information content (AvgIpc) is 2.27. The third-order valence-corrected chi connectivity index (χ3v) is 2.95. The van der Waals surface area contributed by atoms with Crippen LogP contribution in [0.2, 0.25) is 0 Å². The van der Waals surface area contributed by atoms with Gasteiger partial charge in [0, 0.05) is 18.7 Å². The summed E-state index contributed by atoms with van der Waals surface area (Å²) in [6, 6.07) is 1.11. The molecule has 0 saturated carbocycles. The van der Waals surface area contributed by atoms with Gasteiger partial charge >= 0.3 is 62.8 Å². The molecule has 1 aromatic carbocycles. The van der Waals surface area contributed by atoms with Crippen LogP contribution in [-0.2, 0) is 10.1 Å². The second kappa shape index (κ2) is 7.40. The zero-order chi connectivity index (χ0) is 14.8. The Balaban J connectivity index is 0.00000361. The Morgan fingerprint density at radius 1 is 1.20 bits per heavy atom. The van der Waals surface area contributed by atoms with Crippen LogP contribution < -0.4 is 56.7 Å². The van der Waals surface area contributed by atoms with Gasteiger partial charge in [0.15, 0.2) is 5.69 Å². The van der Waals surface area contributed by atoms with Crippen LogP contribution in [0.1, 0.15) is 6.92 Å². The molecule has 20 heavy (non-hydrogen) atoms. The van der Waals surface area contributed by atoms with Gasteiger partial charge in [0.25, 0.3) is 10.1 Å². The van der Waals surface area contributed by atoms with Crippen molar-refractivity contribution >= 4 is 27.2 Å². The number of nitrogens with one attached hydrogen (secondary N) is 1. The van der Waals surface area contributed by atoms with Gasteiger partial charge in [-0.3, -0.25) is 24.8 Å². The van der Waals surface area contributed by atoms with E-state index in [1.54, 1.807) is 6.92 Å². The van der Waals surface area contributed by atoms with Crippen molar-refractivity contribution in [2.24, 2.45) is 0 Å². The van der Waals surface area contributed by atoms with Gasteiger partial charge in [-0.05, 0) is 6.92 Å². The molecule has 2 N–H and O–H groups in total. The Kier molecular flexibility index (Phi) is 7.16. The summed E-state index contributed by atoms with van der Waals surface area (Å²) in [4.78, 5) is 18.8. The van der Waals surface area contributed by atoms with Gasteiger partial charge in [-0.25, -0.2) is 0 Å². The van der Waals surface area contributed by atoms with Crippen LogP contribution in [-0.4, -0.2) is 29.4 Å². The predicted molar refractivity (Wildman–Crippen MR) is 63.7 cm³/mol. The maximum Gasteiger partial charge on any atom is 1.00 e. The maximum atomic E-state index is 10.9. The minimum Gasteiger partial charge on any atom is -0.374 e. The summed E-state index contributed by atoms with van der Waals surface area (Å²) in [6.07, 6.45) is 0. The first-order valence-corrected chi connectivity index (χ1v) is 6.30. The van der Waals surface area contributed by atoms with Crippen LogP contribution in [0, 0.1) is 20.2 Å². The molecule has 0 fully saturated rings. The van der Waals surface area contributed by atoms with E-state index in [-0.39, 0.29) is 57.9 Å². The first kappa shape index (κ1) is 19.4. The summed E-state index contributed by atoms with van der Waals surface area (Å²) < 4.78 is 30.7. The van der Waals surface area contributed by atoms with E-state index in [2.05, 4.69) is 5.32 Å². The molecule has 0 radical (unpaired) electrons. The summed E-state index contributed by atoms with van der Waals surface area (Å²) >= 11 is 0. The number of nitrogens with zero attached hydrogens (tertiary/aromatic N) is 2. The Hall–Kier alpha value is -0.634. The Labute approximate surface area is 156 Å². The number of nitro groups is 2. The molecule has 1 aromatic rings. The fourth-order valence-corrected chi connectivity index (χ4v) is 1.90. The fraction of sp³-hybridized carbons (Fsp3) is 0.250. The van der Waals surface area contributed by atoms with E-state index in [1.165, 1.54) is 0 Å². The molecule has 0 aliphatic rings. The summed E-state index contributed by atoms with van der Waals surface area (Å²) in [5.41, 5.74) is -2.02. The molecule has 0 bridgehead atoms. The second-order valence-corrected chi connectivity index (χ2v) is 4.78. The SMILES string of the molecule is CCNc1c([N+](=O)[O-])cc(S(=O)(=O)O)cc1[N+](=O)[O-].[K+]. The molecule has 0 aromatic heterocycles. The Morgan fingerprint density at radius 3 is 1.85 bits per heavy atom. The molecule has 0 aliphatic carbocycles. The van der Waals surface area contributed by atoms with Gasteiger partial charge < -0.3 is 5.32 Å². The van der Waals surface area contributed by atoms with Crippen molar-refractivity contribution in [2.75, 3.05) is 11.9 Å². The van der Waals surface area contributed by atoms with Crippen molar-refractivity contribution in [2.45, 2.75) is 11.8 Å². The van der Waals surface area contributed by atoms with Crippen molar-refractivity contribution in [3.05, 3.63) is 32.4 Å². The largest absolute Gasteiger partial charge is 1.00 e. The van der Waals surface area contributed by atoms with Crippen LogP contribution in [0.25, 0.3) is 0 Å². The molecule has 104 valence electrons. The van der Waals surface area contributed by atoms with Crippen LogP contribution in [0.15, 0.2) is 17.0 Å². The molecule has 10 nitrogen and oxygen atoms in total. The molecule has 0 amide bonds. The minimum absolute atomic E-state index is 0. The maximum absolute atomic E-state index is 10.9. The van der Waals surface area contributed by atoms with Gasteiger partial charge in [-0.1, -0.05) is 0 Å². The molecule has 1 rings (SSSR count). The van der Waals surface area contributed by atoms with Crippen molar-refractivity contribution in [1.29, 1.82) is 0 Å². The quantitative estimate of drug-likeness (QED) is 0.277. The van der Waals surface area contributed by atoms with E-state index in [4.69, 9.17) is 4.55 Å². The molecule has 0 unspecified atom stereocenters. The first-order valence-electron chi connectivity index (χ1n) is 4.86. The van der Waals surface area contributed by atoms with E-state index in [9.17, 15) is 28.6 Å². The molecule has 0 atom stereocenters. The van der Waals surface area contributed by atoms with Crippen LogP contribution in [0.3, 0.4) is 0 Å².